The molecule has 2 aromatic heterocycles. The molecule has 0 atom stereocenters. The van der Waals surface area contributed by atoms with Crippen LogP contribution < -0.4 is 5.32 Å². The second kappa shape index (κ2) is 10.4. The molecule has 0 unspecified atom stereocenters. The van der Waals surface area contributed by atoms with E-state index >= 15 is 0 Å². The van der Waals surface area contributed by atoms with Crippen molar-refractivity contribution in [1.29, 1.82) is 0 Å². The van der Waals surface area contributed by atoms with E-state index in [1.54, 1.807) is 30.5 Å². The second-order valence-electron chi connectivity index (χ2n) is 9.22. The number of nitrogens with zero attached hydrogens (tertiary/aromatic N) is 3. The summed E-state index contributed by atoms with van der Waals surface area (Å²) in [5.74, 6) is 0.729. The monoisotopic (exact) mass is 509 g/mol. The lowest BCUT2D eigenvalue weighted by atomic mass is 10.00. The van der Waals surface area contributed by atoms with Crippen LogP contribution in [0.2, 0.25) is 0 Å². The minimum atomic E-state index is -0.0701. The van der Waals surface area contributed by atoms with Gasteiger partial charge in [-0.2, -0.15) is 5.10 Å². The van der Waals surface area contributed by atoms with Crippen LogP contribution in [0, 0.1) is 0 Å². The number of benzene rings is 2. The number of fused-ring (bicyclic) bond motifs is 1. The van der Waals surface area contributed by atoms with Gasteiger partial charge in [0.25, 0.3) is 5.91 Å². The van der Waals surface area contributed by atoms with Gasteiger partial charge in [-0.05, 0) is 42.0 Å². The minimum Gasteiger partial charge on any atom is -0.508 e. The lowest BCUT2D eigenvalue weighted by molar-refractivity contribution is 0.0737. The summed E-state index contributed by atoms with van der Waals surface area (Å²) in [6, 6.07) is 18.7. The first kappa shape index (κ1) is 23.7. The van der Waals surface area contributed by atoms with E-state index in [0.29, 0.717) is 53.3 Å². The quantitative estimate of drug-likeness (QED) is 0.362. The van der Waals surface area contributed by atoms with Crippen molar-refractivity contribution in [2.75, 3.05) is 33.0 Å². The fourth-order valence-corrected chi connectivity index (χ4v) is 4.75. The smallest absolute Gasteiger partial charge is 0.254 e. The molecule has 9 nitrogen and oxygen atoms in total. The van der Waals surface area contributed by atoms with E-state index in [9.17, 15) is 9.90 Å². The number of rotatable bonds is 6. The van der Waals surface area contributed by atoms with Crippen LogP contribution in [0.1, 0.15) is 21.6 Å². The number of allylic oxidation sites excluding steroid dienone is 1. The summed E-state index contributed by atoms with van der Waals surface area (Å²) >= 11 is 0. The average molecular weight is 510 g/mol. The van der Waals surface area contributed by atoms with Crippen molar-refractivity contribution in [3.05, 3.63) is 95.1 Å². The molecule has 4 aromatic rings. The number of ether oxygens (including phenoxy) is 2. The molecule has 1 amide bonds. The minimum absolute atomic E-state index is 0.0701. The van der Waals surface area contributed by atoms with Crippen LogP contribution in [0.5, 0.6) is 5.75 Å². The maximum Gasteiger partial charge on any atom is 0.254 e. The number of phenolic OH excluding ortho intramolecular Hbond substituents is 1. The van der Waals surface area contributed by atoms with Crippen LogP contribution in [0.3, 0.4) is 0 Å². The van der Waals surface area contributed by atoms with Gasteiger partial charge in [0.15, 0.2) is 11.4 Å². The molecule has 38 heavy (non-hydrogen) atoms. The van der Waals surface area contributed by atoms with E-state index in [1.807, 2.05) is 35.2 Å². The molecule has 9 heteroatoms. The number of hydrogen-bond acceptors (Lipinski definition) is 7. The molecule has 3 N–H and O–H groups in total. The van der Waals surface area contributed by atoms with Crippen molar-refractivity contribution < 1.29 is 19.4 Å². The predicted octanol–water partition coefficient (Wildman–Crippen LogP) is 3.85. The van der Waals surface area contributed by atoms with Gasteiger partial charge < -0.3 is 24.8 Å². The number of phenols is 1. The molecule has 2 aliphatic heterocycles. The summed E-state index contributed by atoms with van der Waals surface area (Å²) in [7, 11) is 0. The Balaban J connectivity index is 1.49. The molecule has 0 spiro atoms. The van der Waals surface area contributed by atoms with Crippen molar-refractivity contribution in [3.63, 3.8) is 0 Å². The van der Waals surface area contributed by atoms with Crippen molar-refractivity contribution in [3.8, 4) is 17.0 Å². The number of piperazine rings is 1. The number of nitrogens with one attached hydrogen (secondary N) is 2. The Labute approximate surface area is 219 Å². The molecule has 1 fully saturated rings. The van der Waals surface area contributed by atoms with E-state index in [4.69, 9.17) is 14.5 Å². The van der Waals surface area contributed by atoms with Crippen LogP contribution in [0.25, 0.3) is 28.4 Å². The van der Waals surface area contributed by atoms with E-state index in [-0.39, 0.29) is 18.4 Å². The van der Waals surface area contributed by atoms with Gasteiger partial charge in [-0.1, -0.05) is 30.3 Å². The molecule has 0 bridgehead atoms. The number of hydrogen-bond donors (Lipinski definition) is 3. The molecule has 192 valence electrons. The largest absolute Gasteiger partial charge is 0.508 e. The number of pyridine rings is 1. The molecule has 2 aromatic carbocycles. The molecular weight excluding hydrogens is 482 g/mol. The van der Waals surface area contributed by atoms with Crippen molar-refractivity contribution in [1.82, 2.24) is 25.4 Å². The molecule has 1 saturated heterocycles. The van der Waals surface area contributed by atoms with Gasteiger partial charge in [-0.25, -0.2) is 4.98 Å². The number of aromatic nitrogens is 3. The van der Waals surface area contributed by atoms with Gasteiger partial charge in [0.2, 0.25) is 6.79 Å². The van der Waals surface area contributed by atoms with Gasteiger partial charge in [0, 0.05) is 43.7 Å². The molecule has 0 radical (unpaired) electrons. The predicted molar refractivity (Wildman–Crippen MR) is 143 cm³/mol. The second-order valence-corrected chi connectivity index (χ2v) is 9.22. The third-order valence-corrected chi connectivity index (χ3v) is 6.69. The third kappa shape index (κ3) is 4.83. The third-order valence-electron chi connectivity index (χ3n) is 6.69. The van der Waals surface area contributed by atoms with E-state index in [0.717, 1.165) is 29.8 Å². The van der Waals surface area contributed by atoms with Gasteiger partial charge in [-0.3, -0.25) is 9.89 Å². The van der Waals surface area contributed by atoms with Crippen LogP contribution in [0.15, 0.2) is 78.3 Å². The first-order valence-corrected chi connectivity index (χ1v) is 12.5. The summed E-state index contributed by atoms with van der Waals surface area (Å²) in [4.78, 5) is 20.5. The van der Waals surface area contributed by atoms with E-state index in [1.165, 1.54) is 0 Å². The molecule has 0 aliphatic carbocycles. The lowest BCUT2D eigenvalue weighted by Gasteiger charge is -2.27. The molecule has 2 aliphatic rings. The Bertz CT molecular complexity index is 1520. The number of amides is 1. The Kier molecular flexibility index (Phi) is 6.49. The summed E-state index contributed by atoms with van der Waals surface area (Å²) < 4.78 is 11.1. The number of aromatic hydroxyl groups is 1. The number of aromatic amines is 1. The highest BCUT2D eigenvalue weighted by atomic mass is 16.7. The van der Waals surface area contributed by atoms with Crippen LogP contribution in [-0.4, -0.2) is 64.1 Å². The van der Waals surface area contributed by atoms with E-state index < -0.39 is 0 Å². The molecule has 4 heterocycles. The summed E-state index contributed by atoms with van der Waals surface area (Å²) in [5.41, 5.74) is 5.04. The standard InChI is InChI=1S/C29H27N5O4/c35-22-8-6-20(7-9-22)24-16-23(29(36)34-12-10-30-11-13-34)27-25(32-33-28(27)31-24)15-21(26-17-37-18-38-26)14-19-4-2-1-3-5-19/h1-9,15-17,30,35H,10-14,18H2,(H,31,32,33). The fourth-order valence-electron chi connectivity index (χ4n) is 4.75. The fraction of sp³-hybridized carbons (Fsp3) is 0.207. The van der Waals surface area contributed by atoms with Crippen molar-refractivity contribution in [2.45, 2.75) is 6.42 Å². The molecule has 6 rings (SSSR count). The van der Waals surface area contributed by atoms with Gasteiger partial charge in [-0.15, -0.1) is 0 Å². The topological polar surface area (TPSA) is 113 Å². The zero-order valence-electron chi connectivity index (χ0n) is 20.7. The number of carbonyl (C=O) groups is 1. The number of carbonyl (C=O) groups excluding carboxylic acids is 1. The summed E-state index contributed by atoms with van der Waals surface area (Å²) in [6.45, 7) is 2.90. The Hall–Kier alpha value is -4.63. The maximum absolute atomic E-state index is 13.8. The van der Waals surface area contributed by atoms with Gasteiger partial charge >= 0.3 is 0 Å². The van der Waals surface area contributed by atoms with Crippen LogP contribution >= 0.6 is 0 Å². The highest BCUT2D eigenvalue weighted by Gasteiger charge is 2.25. The highest BCUT2D eigenvalue weighted by Crippen LogP contribution is 2.31. The first-order chi connectivity index (χ1) is 18.7. The first-order valence-electron chi connectivity index (χ1n) is 12.5. The zero-order chi connectivity index (χ0) is 25.9. The SMILES string of the molecule is O=C(c1cc(-c2ccc(O)cc2)nc2[nH]nc(C=C(Cc3ccccc3)C3=COCO3)c12)N1CCNCC1. The highest BCUT2D eigenvalue weighted by molar-refractivity contribution is 6.09. The van der Waals surface area contributed by atoms with Crippen LogP contribution in [0.4, 0.5) is 0 Å². The number of H-pyrrole nitrogens is 1. The summed E-state index contributed by atoms with van der Waals surface area (Å²) in [5, 5.41) is 21.3. The Morgan fingerprint density at radius 1 is 1.08 bits per heavy atom. The van der Waals surface area contributed by atoms with Gasteiger partial charge in [0.05, 0.1) is 22.3 Å². The summed E-state index contributed by atoms with van der Waals surface area (Å²) in [6.07, 6.45) is 4.14. The average Bonchev–Trinajstić information content (AvgIpc) is 3.64. The van der Waals surface area contributed by atoms with Crippen LogP contribution in [-0.2, 0) is 15.9 Å². The van der Waals surface area contributed by atoms with E-state index in [2.05, 4.69) is 27.6 Å². The van der Waals surface area contributed by atoms with Crippen molar-refractivity contribution in [2.24, 2.45) is 0 Å². The molecule has 0 saturated carbocycles. The Morgan fingerprint density at radius 3 is 2.61 bits per heavy atom. The normalized spacial score (nSPS) is 15.7. The zero-order valence-corrected chi connectivity index (χ0v) is 20.7. The Morgan fingerprint density at radius 2 is 1.87 bits per heavy atom. The maximum atomic E-state index is 13.8. The molecular formula is C29H27N5O4. The lowest BCUT2D eigenvalue weighted by Crippen LogP contribution is -2.46. The van der Waals surface area contributed by atoms with Gasteiger partial charge in [0.1, 0.15) is 12.0 Å². The van der Waals surface area contributed by atoms with Crippen molar-refractivity contribution >= 4 is 23.0 Å².